The smallest absolute Gasteiger partial charge is 0.346 e. The van der Waals surface area contributed by atoms with Gasteiger partial charge in [-0.2, -0.15) is 13.3 Å². The molecule has 0 aromatic carbocycles. The van der Waals surface area contributed by atoms with Crippen LogP contribution in [-0.4, -0.2) is 24.5 Å². The van der Waals surface area contributed by atoms with Crippen molar-refractivity contribution in [3.8, 4) is 0 Å². The molecule has 0 N–H and O–H groups in total. The third kappa shape index (κ3) is 13.6. The summed E-state index contributed by atoms with van der Waals surface area (Å²) >= 11 is 0. The van der Waals surface area contributed by atoms with Crippen molar-refractivity contribution in [3.63, 3.8) is 0 Å². The molecule has 0 bridgehead atoms. The molecular formula is C9H21NZn. The van der Waals surface area contributed by atoms with Crippen LogP contribution in [0.15, 0.2) is 0 Å². The molecule has 0 aromatic heterocycles. The Hall–Kier alpha value is 0.583. The van der Waals surface area contributed by atoms with Crippen molar-refractivity contribution in [1.82, 2.24) is 4.90 Å². The minimum absolute atomic E-state index is 0. The van der Waals surface area contributed by atoms with E-state index in [0.29, 0.717) is 6.04 Å². The van der Waals surface area contributed by atoms with Crippen molar-refractivity contribution < 1.29 is 19.5 Å². The second-order valence-corrected chi connectivity index (χ2v) is 2.43. The Morgan fingerprint density at radius 1 is 1.27 bits per heavy atom. The van der Waals surface area contributed by atoms with Gasteiger partial charge in [-0.3, -0.25) is 0 Å². The fourth-order valence-electron chi connectivity index (χ4n) is 0.508. The van der Waals surface area contributed by atoms with E-state index in [9.17, 15) is 0 Å². The molecule has 0 aliphatic rings. The maximum absolute atomic E-state index is 3.77. The van der Waals surface area contributed by atoms with E-state index in [1.807, 2.05) is 0 Å². The zero-order chi connectivity index (χ0) is 8.57. The minimum Gasteiger partial charge on any atom is -0.346 e. The Morgan fingerprint density at radius 2 is 1.64 bits per heavy atom. The standard InChI is InChI=1S/C7H16N.C2H5.Zn/c1-5-6-8(4)7(2)3;1-2;/h7H,1,5-6H2,2-4H3;1H2,2H3;/q2*-1;+2. The summed E-state index contributed by atoms with van der Waals surface area (Å²) in [5.74, 6) is 0. The van der Waals surface area contributed by atoms with Gasteiger partial charge in [0.2, 0.25) is 0 Å². The van der Waals surface area contributed by atoms with Gasteiger partial charge in [0.05, 0.1) is 0 Å². The number of hydrogen-bond donors (Lipinski definition) is 0. The SMILES string of the molecule is [CH2-]C.[CH2-]CCN(C)C(C)C.[Zn+2]. The molecule has 0 amide bonds. The van der Waals surface area contributed by atoms with E-state index < -0.39 is 0 Å². The molecule has 2 heteroatoms. The summed E-state index contributed by atoms with van der Waals surface area (Å²) in [4.78, 5) is 2.28. The molecule has 64 valence electrons. The monoisotopic (exact) mass is 207 g/mol. The molecule has 0 saturated carbocycles. The molecule has 0 atom stereocenters. The molecule has 0 spiro atoms. The number of nitrogens with zero attached hydrogens (tertiary/aromatic N) is 1. The molecule has 0 radical (unpaired) electrons. The van der Waals surface area contributed by atoms with E-state index in [1.165, 1.54) is 0 Å². The van der Waals surface area contributed by atoms with Crippen LogP contribution in [0.1, 0.15) is 27.2 Å². The molecule has 0 saturated heterocycles. The van der Waals surface area contributed by atoms with Crippen molar-refractivity contribution in [2.45, 2.75) is 33.2 Å². The zero-order valence-corrected chi connectivity index (χ0v) is 11.5. The molecule has 0 rings (SSSR count). The molecule has 1 nitrogen and oxygen atoms in total. The topological polar surface area (TPSA) is 3.24 Å². The van der Waals surface area contributed by atoms with Gasteiger partial charge in [-0.05, 0) is 27.4 Å². The van der Waals surface area contributed by atoms with Crippen molar-refractivity contribution in [1.29, 1.82) is 0 Å². The average molecular weight is 209 g/mol. The van der Waals surface area contributed by atoms with Crippen LogP contribution in [-0.2, 0) is 19.5 Å². The minimum atomic E-state index is 0. The summed E-state index contributed by atoms with van der Waals surface area (Å²) in [5.41, 5.74) is 0. The fourth-order valence-corrected chi connectivity index (χ4v) is 0.508. The largest absolute Gasteiger partial charge is 2.00 e. The average Bonchev–Trinajstić information content (AvgIpc) is 1.93. The first-order valence-electron chi connectivity index (χ1n) is 3.88. The summed E-state index contributed by atoms with van der Waals surface area (Å²) in [6.45, 7) is 14.3. The van der Waals surface area contributed by atoms with Gasteiger partial charge in [-0.1, -0.05) is 0 Å². The van der Waals surface area contributed by atoms with Crippen LogP contribution in [0.3, 0.4) is 0 Å². The molecule has 0 unspecified atom stereocenters. The van der Waals surface area contributed by atoms with E-state index in [-0.39, 0.29) is 19.5 Å². The molecule has 11 heavy (non-hydrogen) atoms. The van der Waals surface area contributed by atoms with Crippen molar-refractivity contribution in [2.24, 2.45) is 0 Å². The molecule has 0 aromatic rings. The van der Waals surface area contributed by atoms with Gasteiger partial charge in [-0.15, -0.1) is 0 Å². The van der Waals surface area contributed by atoms with Crippen LogP contribution in [0.5, 0.6) is 0 Å². The van der Waals surface area contributed by atoms with E-state index in [4.69, 9.17) is 0 Å². The van der Waals surface area contributed by atoms with Gasteiger partial charge in [0.15, 0.2) is 0 Å². The number of rotatable bonds is 3. The van der Waals surface area contributed by atoms with Gasteiger partial charge in [0, 0.05) is 6.04 Å². The van der Waals surface area contributed by atoms with E-state index >= 15 is 0 Å². The van der Waals surface area contributed by atoms with E-state index in [0.717, 1.165) is 13.0 Å². The van der Waals surface area contributed by atoms with Crippen LogP contribution < -0.4 is 0 Å². The second kappa shape index (κ2) is 13.2. The Bertz CT molecular complexity index is 55.5. The fraction of sp³-hybridized carbons (Fsp3) is 0.778. The van der Waals surface area contributed by atoms with Crippen LogP contribution >= 0.6 is 0 Å². The van der Waals surface area contributed by atoms with Gasteiger partial charge >= 0.3 is 19.5 Å². The molecular weight excluding hydrogens is 187 g/mol. The predicted octanol–water partition coefficient (Wildman–Crippen LogP) is 2.39. The summed E-state index contributed by atoms with van der Waals surface area (Å²) in [7, 11) is 2.12. The van der Waals surface area contributed by atoms with Gasteiger partial charge < -0.3 is 18.7 Å². The van der Waals surface area contributed by atoms with Gasteiger partial charge in [0.25, 0.3) is 0 Å². The molecule has 0 fully saturated rings. The summed E-state index contributed by atoms with van der Waals surface area (Å²) in [6.07, 6.45) is 1.01. The predicted molar refractivity (Wildman–Crippen MR) is 48.8 cm³/mol. The Kier molecular flexibility index (Phi) is 21.1. The normalized spacial score (nSPS) is 8.73. The van der Waals surface area contributed by atoms with Crippen LogP contribution in [0.4, 0.5) is 0 Å². The Labute approximate surface area is 85.3 Å². The third-order valence-corrected chi connectivity index (χ3v) is 1.39. The first-order chi connectivity index (χ1) is 4.68. The third-order valence-electron chi connectivity index (χ3n) is 1.39. The Balaban J connectivity index is -0.000000196. The van der Waals surface area contributed by atoms with Gasteiger partial charge in [-0.25, -0.2) is 0 Å². The molecule has 0 heterocycles. The molecule has 0 aliphatic heterocycles. The van der Waals surface area contributed by atoms with Crippen molar-refractivity contribution >= 4 is 0 Å². The maximum Gasteiger partial charge on any atom is 2.00 e. The van der Waals surface area contributed by atoms with Crippen LogP contribution in [0, 0.1) is 13.8 Å². The van der Waals surface area contributed by atoms with Crippen LogP contribution in [0.2, 0.25) is 0 Å². The first-order valence-corrected chi connectivity index (χ1v) is 3.88. The summed E-state index contributed by atoms with van der Waals surface area (Å²) in [5, 5.41) is 0. The summed E-state index contributed by atoms with van der Waals surface area (Å²) < 4.78 is 0. The quantitative estimate of drug-likeness (QED) is 0.509. The molecule has 0 aliphatic carbocycles. The summed E-state index contributed by atoms with van der Waals surface area (Å²) in [6, 6.07) is 0.664. The zero-order valence-electron chi connectivity index (χ0n) is 8.56. The van der Waals surface area contributed by atoms with E-state index in [1.54, 1.807) is 6.92 Å². The first kappa shape index (κ1) is 17.6. The van der Waals surface area contributed by atoms with Crippen LogP contribution in [0.25, 0.3) is 0 Å². The Morgan fingerprint density at radius 3 is 1.73 bits per heavy atom. The maximum atomic E-state index is 3.77. The van der Waals surface area contributed by atoms with Crippen molar-refractivity contribution in [2.75, 3.05) is 13.6 Å². The second-order valence-electron chi connectivity index (χ2n) is 2.43. The number of hydrogen-bond acceptors (Lipinski definition) is 1. The van der Waals surface area contributed by atoms with E-state index in [2.05, 4.69) is 39.6 Å². The van der Waals surface area contributed by atoms with Gasteiger partial charge in [0.1, 0.15) is 0 Å². The van der Waals surface area contributed by atoms with Crippen molar-refractivity contribution in [3.05, 3.63) is 13.8 Å².